The number of benzene rings is 1. The summed E-state index contributed by atoms with van der Waals surface area (Å²) in [5, 5.41) is 8.43. The molecule has 1 aromatic carbocycles. The van der Waals surface area contributed by atoms with Crippen molar-refractivity contribution in [1.29, 1.82) is 0 Å². The predicted molar refractivity (Wildman–Crippen MR) is 107 cm³/mol. The van der Waals surface area contributed by atoms with E-state index in [1.54, 1.807) is 22.0 Å². The van der Waals surface area contributed by atoms with Crippen molar-refractivity contribution in [1.82, 2.24) is 24.6 Å². The molecule has 4 aromatic rings. The Morgan fingerprint density at radius 1 is 1.04 bits per heavy atom. The lowest BCUT2D eigenvalue weighted by Gasteiger charge is -2.30. The third-order valence-electron chi connectivity index (χ3n) is 4.82. The van der Waals surface area contributed by atoms with Gasteiger partial charge in [-0.1, -0.05) is 12.1 Å². The summed E-state index contributed by atoms with van der Waals surface area (Å²) in [6.45, 7) is 1.64. The summed E-state index contributed by atoms with van der Waals surface area (Å²) in [4.78, 5) is 22.8. The molecule has 4 heterocycles. The number of nitrogens with zero attached hydrogens (tertiary/aromatic N) is 5. The summed E-state index contributed by atoms with van der Waals surface area (Å²) in [5.74, 6) is 0. The van der Waals surface area contributed by atoms with Crippen LogP contribution in [0.3, 0.4) is 0 Å². The van der Waals surface area contributed by atoms with Gasteiger partial charge in [-0.2, -0.15) is 0 Å². The van der Waals surface area contributed by atoms with Crippen LogP contribution in [0.15, 0.2) is 67.1 Å². The number of nitrogens with one attached hydrogen (secondary N) is 1. The minimum absolute atomic E-state index is 0.0595. The molecule has 28 heavy (non-hydrogen) atoms. The Labute approximate surface area is 161 Å². The number of amides is 2. The number of aromatic nitrogens is 4. The molecule has 3 aromatic heterocycles. The van der Waals surface area contributed by atoms with Crippen LogP contribution in [0, 0.1) is 0 Å². The molecule has 0 atom stereocenters. The molecule has 0 saturated carbocycles. The maximum Gasteiger partial charge on any atom is 0.321 e. The van der Waals surface area contributed by atoms with Gasteiger partial charge in [0.25, 0.3) is 0 Å². The fourth-order valence-electron chi connectivity index (χ4n) is 3.17. The van der Waals surface area contributed by atoms with Gasteiger partial charge in [-0.15, -0.1) is 5.10 Å². The zero-order valence-electron chi connectivity index (χ0n) is 15.1. The number of pyridine rings is 2. The molecule has 1 aliphatic rings. The first-order chi connectivity index (χ1) is 13.8. The molecular weight excluding hydrogens is 352 g/mol. The van der Waals surface area contributed by atoms with E-state index >= 15 is 0 Å². The molecule has 138 valence electrons. The first-order valence-corrected chi connectivity index (χ1v) is 9.19. The predicted octanol–water partition coefficient (Wildman–Crippen LogP) is 3.72. The van der Waals surface area contributed by atoms with Crippen LogP contribution >= 0.6 is 0 Å². The number of hydrogen-bond donors (Lipinski definition) is 1. The standard InChI is InChI=1S/C21H18N6O/c28-21(26-9-4-10-26)24-17-5-3-6-18(12-17)27-14-16-11-15(13-23-20(16)25-27)19-7-1-2-8-22-19/h1-3,5-8,11-14H,4,9-10H2,(H,24,28). The number of likely N-dealkylation sites (tertiary alicyclic amines) is 1. The van der Waals surface area contributed by atoms with Gasteiger partial charge in [0.05, 0.1) is 11.4 Å². The van der Waals surface area contributed by atoms with Gasteiger partial charge >= 0.3 is 6.03 Å². The first-order valence-electron chi connectivity index (χ1n) is 9.19. The number of anilines is 1. The van der Waals surface area contributed by atoms with Crippen LogP contribution in [0.2, 0.25) is 0 Å². The van der Waals surface area contributed by atoms with Crippen molar-refractivity contribution in [3.63, 3.8) is 0 Å². The summed E-state index contributed by atoms with van der Waals surface area (Å²) < 4.78 is 1.78. The van der Waals surface area contributed by atoms with Gasteiger partial charge in [-0.25, -0.2) is 14.5 Å². The number of carbonyl (C=O) groups is 1. The highest BCUT2D eigenvalue weighted by atomic mass is 16.2. The third kappa shape index (κ3) is 3.07. The van der Waals surface area contributed by atoms with Gasteiger partial charge in [0.2, 0.25) is 0 Å². The SMILES string of the molecule is O=C(Nc1cccc(-n2cc3cc(-c4ccccn4)cnc3n2)c1)N1CCC1. The molecule has 1 aliphatic heterocycles. The third-order valence-corrected chi connectivity index (χ3v) is 4.82. The summed E-state index contributed by atoms with van der Waals surface area (Å²) in [6.07, 6.45) is 6.56. The second kappa shape index (κ2) is 6.77. The van der Waals surface area contributed by atoms with Crippen LogP contribution in [0.25, 0.3) is 28.0 Å². The number of urea groups is 1. The molecule has 1 N–H and O–H groups in total. The van der Waals surface area contributed by atoms with E-state index in [1.807, 2.05) is 54.7 Å². The summed E-state index contributed by atoms with van der Waals surface area (Å²) in [7, 11) is 0. The van der Waals surface area contributed by atoms with Gasteiger partial charge in [0.15, 0.2) is 5.65 Å². The Bertz CT molecular complexity index is 1150. The summed E-state index contributed by atoms with van der Waals surface area (Å²) in [5.41, 5.74) is 4.09. The lowest BCUT2D eigenvalue weighted by atomic mass is 10.1. The smallest absolute Gasteiger partial charge is 0.321 e. The van der Waals surface area contributed by atoms with Gasteiger partial charge in [0, 0.05) is 48.3 Å². The number of fused-ring (bicyclic) bond motifs is 1. The second-order valence-electron chi connectivity index (χ2n) is 6.75. The van der Waals surface area contributed by atoms with E-state index in [-0.39, 0.29) is 6.03 Å². The Morgan fingerprint density at radius 2 is 1.96 bits per heavy atom. The second-order valence-corrected chi connectivity index (χ2v) is 6.75. The Hall–Kier alpha value is -3.74. The Balaban J connectivity index is 1.44. The summed E-state index contributed by atoms with van der Waals surface area (Å²) >= 11 is 0. The molecule has 0 spiro atoms. The lowest BCUT2D eigenvalue weighted by molar-refractivity contribution is 0.181. The molecule has 2 amide bonds. The van der Waals surface area contributed by atoms with Crippen LogP contribution in [-0.4, -0.2) is 43.8 Å². The van der Waals surface area contributed by atoms with Gasteiger partial charge in [0.1, 0.15) is 0 Å². The molecule has 0 bridgehead atoms. The average Bonchev–Trinajstić information content (AvgIpc) is 3.11. The molecule has 1 fully saturated rings. The molecule has 0 radical (unpaired) electrons. The number of hydrogen-bond acceptors (Lipinski definition) is 4. The van der Waals surface area contributed by atoms with Crippen LogP contribution in [0.5, 0.6) is 0 Å². The molecule has 1 saturated heterocycles. The highest BCUT2D eigenvalue weighted by Gasteiger charge is 2.20. The monoisotopic (exact) mass is 370 g/mol. The maximum atomic E-state index is 12.1. The largest absolute Gasteiger partial charge is 0.324 e. The van der Waals surface area contributed by atoms with Crippen molar-refractivity contribution in [2.75, 3.05) is 18.4 Å². The zero-order valence-corrected chi connectivity index (χ0v) is 15.1. The van der Waals surface area contributed by atoms with E-state index in [9.17, 15) is 4.79 Å². The van der Waals surface area contributed by atoms with Crippen molar-refractivity contribution in [3.8, 4) is 16.9 Å². The van der Waals surface area contributed by atoms with Gasteiger partial charge in [-0.3, -0.25) is 4.98 Å². The van der Waals surface area contributed by atoms with E-state index in [1.165, 1.54) is 0 Å². The molecule has 7 nitrogen and oxygen atoms in total. The van der Waals surface area contributed by atoms with E-state index in [0.717, 1.165) is 47.5 Å². The van der Waals surface area contributed by atoms with Crippen LogP contribution in [0.4, 0.5) is 10.5 Å². The van der Waals surface area contributed by atoms with Gasteiger partial charge in [-0.05, 0) is 42.8 Å². The molecule has 0 aliphatic carbocycles. The fraction of sp³-hybridized carbons (Fsp3) is 0.143. The highest BCUT2D eigenvalue weighted by molar-refractivity contribution is 5.90. The van der Waals surface area contributed by atoms with Crippen molar-refractivity contribution >= 4 is 22.8 Å². The van der Waals surface area contributed by atoms with Crippen molar-refractivity contribution in [2.45, 2.75) is 6.42 Å². The molecule has 7 heteroatoms. The minimum atomic E-state index is -0.0595. The zero-order chi connectivity index (χ0) is 18.9. The number of rotatable bonds is 3. The highest BCUT2D eigenvalue weighted by Crippen LogP contribution is 2.22. The van der Waals surface area contributed by atoms with Crippen molar-refractivity contribution < 1.29 is 4.79 Å². The first kappa shape index (κ1) is 16.4. The van der Waals surface area contributed by atoms with Gasteiger partial charge < -0.3 is 10.2 Å². The maximum absolute atomic E-state index is 12.1. The van der Waals surface area contributed by atoms with Crippen molar-refractivity contribution in [3.05, 3.63) is 67.1 Å². The minimum Gasteiger partial charge on any atom is -0.324 e. The molecule has 0 unspecified atom stereocenters. The summed E-state index contributed by atoms with van der Waals surface area (Å²) in [6, 6.07) is 15.4. The van der Waals surface area contributed by atoms with Crippen LogP contribution < -0.4 is 5.32 Å². The quantitative estimate of drug-likeness (QED) is 0.596. The Morgan fingerprint density at radius 3 is 2.75 bits per heavy atom. The average molecular weight is 370 g/mol. The fourth-order valence-corrected chi connectivity index (χ4v) is 3.17. The van der Waals surface area contributed by atoms with E-state index in [2.05, 4.69) is 20.4 Å². The number of carbonyl (C=O) groups excluding carboxylic acids is 1. The van der Waals surface area contributed by atoms with E-state index in [0.29, 0.717) is 5.65 Å². The van der Waals surface area contributed by atoms with E-state index in [4.69, 9.17) is 0 Å². The Kier molecular flexibility index (Phi) is 3.97. The van der Waals surface area contributed by atoms with Crippen LogP contribution in [-0.2, 0) is 0 Å². The molecular formula is C21H18N6O. The molecule has 5 rings (SSSR count). The lowest BCUT2D eigenvalue weighted by Crippen LogP contribution is -2.44. The topological polar surface area (TPSA) is 75.9 Å². The van der Waals surface area contributed by atoms with Crippen molar-refractivity contribution in [2.24, 2.45) is 0 Å². The van der Waals surface area contributed by atoms with Crippen LogP contribution in [0.1, 0.15) is 6.42 Å². The normalized spacial score (nSPS) is 13.4. The van der Waals surface area contributed by atoms with E-state index < -0.39 is 0 Å².